The maximum atomic E-state index is 4.51. The molecule has 3 rings (SSSR count). The van der Waals surface area contributed by atoms with Gasteiger partial charge in [-0.1, -0.05) is 6.42 Å². The Morgan fingerprint density at radius 1 is 1.30 bits per heavy atom. The number of nitrogens with zero attached hydrogens (tertiary/aromatic N) is 3. The largest absolute Gasteiger partial charge is 0.312 e. The minimum Gasteiger partial charge on any atom is -0.312 e. The van der Waals surface area contributed by atoms with E-state index < -0.39 is 0 Å². The van der Waals surface area contributed by atoms with E-state index in [0.29, 0.717) is 6.04 Å². The molecule has 0 spiro atoms. The zero-order valence-corrected chi connectivity index (χ0v) is 14.1. The van der Waals surface area contributed by atoms with E-state index in [-0.39, 0.29) is 0 Å². The van der Waals surface area contributed by atoms with Crippen molar-refractivity contribution in [2.45, 2.75) is 57.7 Å². The zero-order valence-electron chi connectivity index (χ0n) is 12.5. The second-order valence-electron chi connectivity index (χ2n) is 6.27. The minimum absolute atomic E-state index is 0.687. The van der Waals surface area contributed by atoms with Crippen LogP contribution in [0.2, 0.25) is 0 Å². The van der Waals surface area contributed by atoms with E-state index in [1.807, 2.05) is 4.68 Å². The highest BCUT2D eigenvalue weighted by molar-refractivity contribution is 9.10. The van der Waals surface area contributed by atoms with E-state index in [9.17, 15) is 0 Å². The lowest BCUT2D eigenvalue weighted by Crippen LogP contribution is -2.45. The minimum atomic E-state index is 0.687. The van der Waals surface area contributed by atoms with Crippen LogP contribution in [0.25, 0.3) is 0 Å². The van der Waals surface area contributed by atoms with Crippen LogP contribution < -0.4 is 5.32 Å². The van der Waals surface area contributed by atoms with E-state index in [1.165, 1.54) is 48.8 Å². The standard InChI is InChI=1S/C15H25BrN4/c1-11-15(16)14(19(2)18-11)10-20-8-4-3-5-13(20)9-17-12-6-7-12/h12-13,17H,3-10H2,1-2H3. The van der Waals surface area contributed by atoms with Crippen LogP contribution in [-0.4, -0.2) is 39.9 Å². The van der Waals surface area contributed by atoms with Gasteiger partial charge >= 0.3 is 0 Å². The summed E-state index contributed by atoms with van der Waals surface area (Å²) in [7, 11) is 2.05. The van der Waals surface area contributed by atoms with Crippen LogP contribution >= 0.6 is 15.9 Å². The summed E-state index contributed by atoms with van der Waals surface area (Å²) in [5.41, 5.74) is 2.40. The van der Waals surface area contributed by atoms with Gasteiger partial charge in [-0.2, -0.15) is 5.10 Å². The van der Waals surface area contributed by atoms with Crippen molar-refractivity contribution in [2.24, 2.45) is 7.05 Å². The summed E-state index contributed by atoms with van der Waals surface area (Å²) in [5, 5.41) is 8.21. The van der Waals surface area contributed by atoms with Gasteiger partial charge in [-0.3, -0.25) is 9.58 Å². The number of halogens is 1. The summed E-state index contributed by atoms with van der Waals surface area (Å²) < 4.78 is 3.21. The van der Waals surface area contributed by atoms with Gasteiger partial charge in [0.05, 0.1) is 15.9 Å². The lowest BCUT2D eigenvalue weighted by Gasteiger charge is -2.36. The Kier molecular flexibility index (Phi) is 4.48. The number of hydrogen-bond donors (Lipinski definition) is 1. The average Bonchev–Trinajstić information content (AvgIpc) is 3.23. The average molecular weight is 341 g/mol. The predicted molar refractivity (Wildman–Crippen MR) is 84.7 cm³/mol. The first-order valence-electron chi connectivity index (χ1n) is 7.80. The number of rotatable bonds is 5. The van der Waals surface area contributed by atoms with Crippen molar-refractivity contribution in [1.82, 2.24) is 20.0 Å². The van der Waals surface area contributed by atoms with Crippen molar-refractivity contribution >= 4 is 15.9 Å². The Bertz CT molecular complexity index is 467. The molecule has 1 saturated carbocycles. The van der Waals surface area contributed by atoms with E-state index in [0.717, 1.165) is 24.8 Å². The Labute approximate surface area is 130 Å². The molecule has 1 unspecified atom stereocenters. The van der Waals surface area contributed by atoms with Gasteiger partial charge in [0, 0.05) is 32.2 Å². The van der Waals surface area contributed by atoms with Crippen LogP contribution in [0.4, 0.5) is 0 Å². The zero-order chi connectivity index (χ0) is 14.1. The SMILES string of the molecule is Cc1nn(C)c(CN2CCCCC2CNC2CC2)c1Br. The fourth-order valence-corrected chi connectivity index (χ4v) is 3.60. The molecule has 2 fully saturated rings. The molecule has 4 nitrogen and oxygen atoms in total. The smallest absolute Gasteiger partial charge is 0.0739 e. The van der Waals surface area contributed by atoms with Gasteiger partial charge in [0.15, 0.2) is 0 Å². The van der Waals surface area contributed by atoms with Gasteiger partial charge in [-0.25, -0.2) is 0 Å². The maximum absolute atomic E-state index is 4.51. The number of hydrogen-bond acceptors (Lipinski definition) is 3. The Morgan fingerprint density at radius 2 is 2.10 bits per heavy atom. The second kappa shape index (κ2) is 6.16. The molecule has 5 heteroatoms. The molecule has 112 valence electrons. The third-order valence-electron chi connectivity index (χ3n) is 4.58. The fourth-order valence-electron chi connectivity index (χ4n) is 3.13. The third kappa shape index (κ3) is 3.26. The molecule has 1 aromatic rings. The highest BCUT2D eigenvalue weighted by Gasteiger charge is 2.27. The van der Waals surface area contributed by atoms with Gasteiger partial charge in [-0.05, 0) is 55.1 Å². The molecule has 2 aliphatic rings. The molecule has 1 aromatic heterocycles. The first-order chi connectivity index (χ1) is 9.65. The Balaban J connectivity index is 1.65. The van der Waals surface area contributed by atoms with Crippen molar-refractivity contribution < 1.29 is 0 Å². The van der Waals surface area contributed by atoms with E-state index in [4.69, 9.17) is 0 Å². The summed E-state index contributed by atoms with van der Waals surface area (Å²) in [4.78, 5) is 2.64. The number of piperidine rings is 1. The van der Waals surface area contributed by atoms with Gasteiger partial charge in [0.2, 0.25) is 0 Å². The van der Waals surface area contributed by atoms with E-state index in [1.54, 1.807) is 0 Å². The monoisotopic (exact) mass is 340 g/mol. The second-order valence-corrected chi connectivity index (χ2v) is 7.07. The molecule has 0 aromatic carbocycles. The number of likely N-dealkylation sites (tertiary alicyclic amines) is 1. The predicted octanol–water partition coefficient (Wildman–Crippen LogP) is 2.60. The lowest BCUT2D eigenvalue weighted by atomic mass is 10.0. The molecule has 0 amide bonds. The molecule has 1 aliphatic carbocycles. The van der Waals surface area contributed by atoms with Crippen molar-refractivity contribution in [2.75, 3.05) is 13.1 Å². The molecule has 0 radical (unpaired) electrons. The summed E-state index contributed by atoms with van der Waals surface area (Å²) >= 11 is 3.69. The highest BCUT2D eigenvalue weighted by atomic mass is 79.9. The van der Waals surface area contributed by atoms with Crippen LogP contribution in [0.1, 0.15) is 43.5 Å². The molecule has 2 heterocycles. The highest BCUT2D eigenvalue weighted by Crippen LogP contribution is 2.26. The Morgan fingerprint density at radius 3 is 2.75 bits per heavy atom. The number of aromatic nitrogens is 2. The first kappa shape index (κ1) is 14.5. The quantitative estimate of drug-likeness (QED) is 0.894. The lowest BCUT2D eigenvalue weighted by molar-refractivity contribution is 0.133. The van der Waals surface area contributed by atoms with Gasteiger partial charge in [-0.15, -0.1) is 0 Å². The van der Waals surface area contributed by atoms with Gasteiger partial charge in [0.1, 0.15) is 0 Å². The van der Waals surface area contributed by atoms with Crippen LogP contribution in [0.15, 0.2) is 4.47 Å². The van der Waals surface area contributed by atoms with Crippen LogP contribution in [-0.2, 0) is 13.6 Å². The van der Waals surface area contributed by atoms with Crippen LogP contribution in [0, 0.1) is 6.92 Å². The number of aryl methyl sites for hydroxylation is 2. The molecule has 1 N–H and O–H groups in total. The summed E-state index contributed by atoms with van der Waals surface area (Å²) in [6.45, 7) is 5.44. The molecular formula is C15H25BrN4. The maximum Gasteiger partial charge on any atom is 0.0739 e. The summed E-state index contributed by atoms with van der Waals surface area (Å²) in [6.07, 6.45) is 6.78. The first-order valence-corrected chi connectivity index (χ1v) is 8.60. The van der Waals surface area contributed by atoms with Crippen molar-refractivity contribution in [3.63, 3.8) is 0 Å². The van der Waals surface area contributed by atoms with Crippen molar-refractivity contribution in [1.29, 1.82) is 0 Å². The number of nitrogens with one attached hydrogen (secondary N) is 1. The van der Waals surface area contributed by atoms with Crippen LogP contribution in [0.5, 0.6) is 0 Å². The Hall–Kier alpha value is -0.390. The fraction of sp³-hybridized carbons (Fsp3) is 0.800. The summed E-state index contributed by atoms with van der Waals surface area (Å²) in [6, 6.07) is 1.50. The van der Waals surface area contributed by atoms with Crippen LogP contribution in [0.3, 0.4) is 0 Å². The molecule has 1 aliphatic heterocycles. The van der Waals surface area contributed by atoms with Gasteiger partial charge in [0.25, 0.3) is 0 Å². The molecule has 20 heavy (non-hydrogen) atoms. The molecule has 1 saturated heterocycles. The van der Waals surface area contributed by atoms with E-state index >= 15 is 0 Å². The van der Waals surface area contributed by atoms with Crippen molar-refractivity contribution in [3.05, 3.63) is 15.9 Å². The van der Waals surface area contributed by atoms with E-state index in [2.05, 4.69) is 45.2 Å². The molecular weight excluding hydrogens is 316 g/mol. The third-order valence-corrected chi connectivity index (χ3v) is 5.61. The topological polar surface area (TPSA) is 33.1 Å². The normalized spacial score (nSPS) is 24.2. The van der Waals surface area contributed by atoms with Crippen molar-refractivity contribution in [3.8, 4) is 0 Å². The summed E-state index contributed by atoms with van der Waals surface area (Å²) in [5.74, 6) is 0. The molecule has 1 atom stereocenters. The van der Waals surface area contributed by atoms with Gasteiger partial charge < -0.3 is 5.32 Å². The molecule has 0 bridgehead atoms.